The second kappa shape index (κ2) is 8.00. The summed E-state index contributed by atoms with van der Waals surface area (Å²) >= 11 is 0. The monoisotopic (exact) mass is 266 g/mol. The first-order valence-corrected chi connectivity index (χ1v) is 6.61. The summed E-state index contributed by atoms with van der Waals surface area (Å²) in [5, 5.41) is 8.66. The Labute approximate surface area is 119 Å². The Balaban J connectivity index is 1.81. The number of anilines is 1. The molecule has 0 amide bonds. The fourth-order valence-electron chi connectivity index (χ4n) is 1.70. The van der Waals surface area contributed by atoms with E-state index in [1.165, 1.54) is 5.56 Å². The van der Waals surface area contributed by atoms with Crippen LogP contribution in [0.4, 0.5) is 5.69 Å². The summed E-state index contributed by atoms with van der Waals surface area (Å²) in [5.74, 6) is 5.92. The Bertz CT molecular complexity index is 567. The topological polar surface area (TPSA) is 44.3 Å². The van der Waals surface area contributed by atoms with Crippen molar-refractivity contribution < 1.29 is 5.11 Å². The van der Waals surface area contributed by atoms with Gasteiger partial charge in [0.2, 0.25) is 0 Å². The Morgan fingerprint density at radius 2 is 1.70 bits per heavy atom. The third-order valence-electron chi connectivity index (χ3n) is 2.72. The van der Waals surface area contributed by atoms with Crippen LogP contribution in [0.25, 0.3) is 0 Å². The van der Waals surface area contributed by atoms with Gasteiger partial charge in [-0.05, 0) is 29.8 Å². The lowest BCUT2D eigenvalue weighted by atomic mass is 10.1. The van der Waals surface area contributed by atoms with Crippen molar-refractivity contribution in [3.05, 3.63) is 65.7 Å². The molecule has 0 spiro atoms. The van der Waals surface area contributed by atoms with E-state index in [-0.39, 0.29) is 6.61 Å². The van der Waals surface area contributed by atoms with Gasteiger partial charge in [-0.2, -0.15) is 0 Å². The summed E-state index contributed by atoms with van der Waals surface area (Å²) in [7, 11) is 0. The molecule has 3 N–H and O–H groups in total. The van der Waals surface area contributed by atoms with Crippen LogP contribution in [-0.2, 0) is 6.54 Å². The molecule has 102 valence electrons. The molecule has 0 atom stereocenters. The van der Waals surface area contributed by atoms with Crippen LogP contribution < -0.4 is 10.9 Å². The van der Waals surface area contributed by atoms with Gasteiger partial charge in [0.15, 0.2) is 0 Å². The third-order valence-corrected chi connectivity index (χ3v) is 2.72. The molecule has 3 heteroatoms. The van der Waals surface area contributed by atoms with Gasteiger partial charge in [0.25, 0.3) is 0 Å². The predicted molar refractivity (Wildman–Crippen MR) is 81.9 cm³/mol. The number of nitrogens with one attached hydrogen (secondary N) is 2. The van der Waals surface area contributed by atoms with Crippen LogP contribution in [0.15, 0.2) is 54.6 Å². The smallest absolute Gasteiger partial charge is 0.0540 e. The molecule has 0 aliphatic heterocycles. The van der Waals surface area contributed by atoms with Crippen LogP contribution in [0.2, 0.25) is 0 Å². The van der Waals surface area contributed by atoms with Gasteiger partial charge in [0, 0.05) is 24.2 Å². The van der Waals surface area contributed by atoms with Crippen LogP contribution in [0.5, 0.6) is 0 Å². The van der Waals surface area contributed by atoms with Crippen LogP contribution in [0.3, 0.4) is 0 Å². The maximum atomic E-state index is 8.66. The van der Waals surface area contributed by atoms with E-state index in [0.29, 0.717) is 6.42 Å². The number of hydrogen-bond acceptors (Lipinski definition) is 3. The van der Waals surface area contributed by atoms with Crippen molar-refractivity contribution in [2.45, 2.75) is 13.0 Å². The SMILES string of the molecule is OCCC#Cc1ccc(CNNc2ccccc2)cc1. The van der Waals surface area contributed by atoms with Crippen LogP contribution in [0, 0.1) is 11.8 Å². The molecule has 2 aromatic rings. The largest absolute Gasteiger partial charge is 0.395 e. The molecule has 0 bridgehead atoms. The Kier molecular flexibility index (Phi) is 5.66. The molecule has 0 unspecified atom stereocenters. The zero-order valence-electron chi connectivity index (χ0n) is 11.3. The number of aliphatic hydroxyl groups excluding tert-OH is 1. The standard InChI is InChI=1S/C17H18N2O/c20-13-5-4-6-15-9-11-16(12-10-15)14-18-19-17-7-2-1-3-8-17/h1-3,7-12,18-20H,5,13-14H2. The second-order valence-corrected chi connectivity index (χ2v) is 4.32. The highest BCUT2D eigenvalue weighted by Gasteiger charge is 1.93. The van der Waals surface area contributed by atoms with E-state index in [4.69, 9.17) is 5.11 Å². The summed E-state index contributed by atoms with van der Waals surface area (Å²) in [6.45, 7) is 0.847. The van der Waals surface area contributed by atoms with E-state index in [2.05, 4.69) is 22.7 Å². The van der Waals surface area contributed by atoms with Crippen molar-refractivity contribution in [3.8, 4) is 11.8 Å². The second-order valence-electron chi connectivity index (χ2n) is 4.32. The fourth-order valence-corrected chi connectivity index (χ4v) is 1.70. The van der Waals surface area contributed by atoms with Crippen LogP contribution in [0.1, 0.15) is 17.5 Å². The van der Waals surface area contributed by atoms with Crippen LogP contribution >= 0.6 is 0 Å². The molecule has 0 fully saturated rings. The molecule has 0 aliphatic carbocycles. The lowest BCUT2D eigenvalue weighted by Gasteiger charge is -2.08. The Hall–Kier alpha value is -2.28. The van der Waals surface area contributed by atoms with Crippen molar-refractivity contribution in [1.29, 1.82) is 0 Å². The van der Waals surface area contributed by atoms with Crippen molar-refractivity contribution in [2.75, 3.05) is 12.0 Å². The van der Waals surface area contributed by atoms with E-state index < -0.39 is 0 Å². The predicted octanol–water partition coefficient (Wildman–Crippen LogP) is 2.54. The van der Waals surface area contributed by atoms with Gasteiger partial charge in [-0.25, -0.2) is 5.43 Å². The molecule has 0 heterocycles. The summed E-state index contributed by atoms with van der Waals surface area (Å²) in [6, 6.07) is 18.0. The van der Waals surface area contributed by atoms with Gasteiger partial charge in [-0.3, -0.25) is 0 Å². The molecule has 0 aliphatic rings. The number of hydrazine groups is 1. The molecular formula is C17H18N2O. The third kappa shape index (κ3) is 4.77. The molecule has 20 heavy (non-hydrogen) atoms. The molecule has 0 aromatic heterocycles. The molecule has 2 aromatic carbocycles. The normalized spacial score (nSPS) is 9.65. The number of hydrogen-bond donors (Lipinski definition) is 3. The van der Waals surface area contributed by atoms with Gasteiger partial charge < -0.3 is 10.5 Å². The maximum absolute atomic E-state index is 8.66. The van der Waals surface area contributed by atoms with Gasteiger partial charge in [-0.1, -0.05) is 42.2 Å². The van der Waals surface area contributed by atoms with Crippen molar-refractivity contribution in [1.82, 2.24) is 5.43 Å². The first-order chi connectivity index (χ1) is 9.88. The average molecular weight is 266 g/mol. The van der Waals surface area contributed by atoms with Gasteiger partial charge >= 0.3 is 0 Å². The lowest BCUT2D eigenvalue weighted by Crippen LogP contribution is -2.20. The van der Waals surface area contributed by atoms with E-state index in [1.807, 2.05) is 54.6 Å². The minimum absolute atomic E-state index is 0.111. The lowest BCUT2D eigenvalue weighted by molar-refractivity contribution is 0.305. The minimum atomic E-state index is 0.111. The van der Waals surface area contributed by atoms with E-state index in [1.54, 1.807) is 0 Å². The first-order valence-electron chi connectivity index (χ1n) is 6.61. The Morgan fingerprint density at radius 1 is 0.950 bits per heavy atom. The summed E-state index contributed by atoms with van der Waals surface area (Å²) in [4.78, 5) is 0. The number of rotatable bonds is 5. The summed E-state index contributed by atoms with van der Waals surface area (Å²) in [6.07, 6.45) is 0.518. The zero-order chi connectivity index (χ0) is 14.0. The van der Waals surface area contributed by atoms with Gasteiger partial charge in [0.05, 0.1) is 6.61 Å². The molecule has 0 radical (unpaired) electrons. The quantitative estimate of drug-likeness (QED) is 0.575. The highest BCUT2D eigenvalue weighted by molar-refractivity contribution is 5.41. The maximum Gasteiger partial charge on any atom is 0.0540 e. The molecule has 0 saturated heterocycles. The zero-order valence-corrected chi connectivity index (χ0v) is 11.3. The average Bonchev–Trinajstić information content (AvgIpc) is 2.50. The van der Waals surface area contributed by atoms with E-state index in [9.17, 15) is 0 Å². The van der Waals surface area contributed by atoms with Crippen LogP contribution in [-0.4, -0.2) is 11.7 Å². The Morgan fingerprint density at radius 3 is 2.40 bits per heavy atom. The van der Waals surface area contributed by atoms with Crippen molar-refractivity contribution >= 4 is 5.69 Å². The summed E-state index contributed by atoms with van der Waals surface area (Å²) < 4.78 is 0. The van der Waals surface area contributed by atoms with Gasteiger partial charge in [-0.15, -0.1) is 0 Å². The fraction of sp³-hybridized carbons (Fsp3) is 0.176. The number of aliphatic hydroxyl groups is 1. The van der Waals surface area contributed by atoms with Gasteiger partial charge in [0.1, 0.15) is 0 Å². The highest BCUT2D eigenvalue weighted by Crippen LogP contribution is 2.05. The molecular weight excluding hydrogens is 248 g/mol. The minimum Gasteiger partial charge on any atom is -0.395 e. The van der Waals surface area contributed by atoms with E-state index in [0.717, 1.165) is 17.8 Å². The highest BCUT2D eigenvalue weighted by atomic mass is 16.2. The van der Waals surface area contributed by atoms with Crippen molar-refractivity contribution in [2.24, 2.45) is 0 Å². The van der Waals surface area contributed by atoms with E-state index >= 15 is 0 Å². The first kappa shape index (κ1) is 14.1. The summed E-state index contributed by atoms with van der Waals surface area (Å²) in [5.41, 5.74) is 9.51. The molecule has 2 rings (SSSR count). The molecule has 3 nitrogen and oxygen atoms in total. The molecule has 0 saturated carbocycles. The number of para-hydroxylation sites is 1. The number of benzene rings is 2. The van der Waals surface area contributed by atoms with Crippen molar-refractivity contribution in [3.63, 3.8) is 0 Å².